The summed E-state index contributed by atoms with van der Waals surface area (Å²) in [7, 11) is 0. The van der Waals surface area contributed by atoms with Crippen molar-refractivity contribution in [3.8, 4) is 5.69 Å². The second kappa shape index (κ2) is 10.7. The number of amides is 1. The van der Waals surface area contributed by atoms with E-state index < -0.39 is 52.2 Å². The van der Waals surface area contributed by atoms with Crippen molar-refractivity contribution in [1.29, 1.82) is 0 Å². The lowest BCUT2D eigenvalue weighted by atomic mass is 10.0. The van der Waals surface area contributed by atoms with Crippen molar-refractivity contribution < 1.29 is 27.1 Å². The van der Waals surface area contributed by atoms with E-state index in [1.165, 1.54) is 19.2 Å². The largest absolute Gasteiger partial charge is 0.444 e. The first-order valence-corrected chi connectivity index (χ1v) is 13.4. The zero-order valence-corrected chi connectivity index (χ0v) is 24.4. The Morgan fingerprint density at radius 2 is 1.80 bits per heavy atom. The number of alkyl halides is 3. The molecule has 1 fully saturated rings. The van der Waals surface area contributed by atoms with Gasteiger partial charge in [-0.2, -0.15) is 18.2 Å². The van der Waals surface area contributed by atoms with Gasteiger partial charge in [0.1, 0.15) is 11.4 Å². The highest BCUT2D eigenvalue weighted by atomic mass is 35.5. The van der Waals surface area contributed by atoms with Crippen LogP contribution in [0.1, 0.15) is 58.7 Å². The number of rotatable bonds is 3. The molecule has 4 heterocycles. The van der Waals surface area contributed by atoms with Crippen LogP contribution < -0.4 is 10.6 Å². The molecule has 41 heavy (non-hydrogen) atoms. The van der Waals surface area contributed by atoms with E-state index >= 15 is 0 Å². The van der Waals surface area contributed by atoms with Crippen molar-refractivity contribution in [3.05, 3.63) is 51.0 Å². The maximum atomic E-state index is 14.8. The van der Waals surface area contributed by atoms with Crippen LogP contribution in [0.2, 0.25) is 5.15 Å². The predicted molar refractivity (Wildman–Crippen MR) is 146 cm³/mol. The number of halogens is 5. The fourth-order valence-corrected chi connectivity index (χ4v) is 4.97. The third-order valence-corrected chi connectivity index (χ3v) is 7.19. The molecule has 4 rings (SSSR count). The van der Waals surface area contributed by atoms with Crippen LogP contribution in [-0.2, 0) is 4.74 Å². The third kappa shape index (κ3) is 5.95. The second-order valence-electron chi connectivity index (χ2n) is 11.3. The third-order valence-electron chi connectivity index (χ3n) is 6.92. The van der Waals surface area contributed by atoms with Crippen molar-refractivity contribution in [3.63, 3.8) is 0 Å². The molecule has 3 aromatic rings. The Labute approximate surface area is 239 Å². The number of hydrogen-bond acceptors (Lipinski definition) is 7. The number of ether oxygens (including phenoxy) is 1. The molecule has 0 spiro atoms. The molecule has 1 aliphatic heterocycles. The molecule has 0 N–H and O–H groups in total. The van der Waals surface area contributed by atoms with Crippen molar-refractivity contribution in [2.24, 2.45) is 0 Å². The lowest BCUT2D eigenvalue weighted by Crippen LogP contribution is -2.59. The van der Waals surface area contributed by atoms with E-state index in [2.05, 4.69) is 15.0 Å². The zero-order chi connectivity index (χ0) is 30.6. The number of nitrogens with zero attached hydrogens (tertiary/aromatic N) is 6. The first-order chi connectivity index (χ1) is 18.9. The van der Waals surface area contributed by atoms with Gasteiger partial charge >= 0.3 is 18.0 Å². The SMILES string of the molecule is Cc1ccnc([C@H](C)C(F)(F)F)c1-n1c(=O)nc(N2C[C@@H](C)N(C(=O)OC(C)(C)C)C[C@@H]2C)c2cc(F)c(Cl)nc21. The van der Waals surface area contributed by atoms with E-state index in [4.69, 9.17) is 16.3 Å². The first-order valence-electron chi connectivity index (χ1n) is 13.0. The molecule has 1 aliphatic rings. The van der Waals surface area contributed by atoms with Crippen LogP contribution in [0.5, 0.6) is 0 Å². The summed E-state index contributed by atoms with van der Waals surface area (Å²) in [6, 6.07) is 1.73. The average molecular weight is 599 g/mol. The monoisotopic (exact) mass is 598 g/mol. The summed E-state index contributed by atoms with van der Waals surface area (Å²) in [5.74, 6) is -2.86. The minimum absolute atomic E-state index is 0.0603. The summed E-state index contributed by atoms with van der Waals surface area (Å²) < 4.78 is 62.6. The molecule has 0 bridgehead atoms. The molecule has 9 nitrogen and oxygen atoms in total. The number of anilines is 1. The second-order valence-corrected chi connectivity index (χ2v) is 11.7. The maximum Gasteiger partial charge on any atom is 0.410 e. The quantitative estimate of drug-likeness (QED) is 0.279. The molecule has 0 aromatic carbocycles. The minimum Gasteiger partial charge on any atom is -0.444 e. The summed E-state index contributed by atoms with van der Waals surface area (Å²) in [5, 5.41) is -0.504. The Kier molecular flexibility index (Phi) is 7.98. The lowest BCUT2D eigenvalue weighted by Gasteiger charge is -2.44. The average Bonchev–Trinajstić information content (AvgIpc) is 2.84. The number of aryl methyl sites for hydroxylation is 1. The summed E-state index contributed by atoms with van der Waals surface area (Å²) in [6.45, 7) is 11.8. The van der Waals surface area contributed by atoms with Gasteiger partial charge < -0.3 is 14.5 Å². The van der Waals surface area contributed by atoms with Gasteiger partial charge in [0.15, 0.2) is 16.6 Å². The van der Waals surface area contributed by atoms with E-state index in [-0.39, 0.29) is 41.7 Å². The number of hydrogen-bond donors (Lipinski definition) is 0. The number of fused-ring (bicyclic) bond motifs is 1. The van der Waals surface area contributed by atoms with Crippen LogP contribution in [0.3, 0.4) is 0 Å². The van der Waals surface area contributed by atoms with Gasteiger partial charge in [0.05, 0.1) is 22.7 Å². The number of aromatic nitrogens is 4. The molecule has 0 aliphatic carbocycles. The Morgan fingerprint density at radius 3 is 2.41 bits per heavy atom. The number of carbonyl (C=O) groups excluding carboxylic acids is 1. The van der Waals surface area contributed by atoms with Gasteiger partial charge in [-0.15, -0.1) is 0 Å². The van der Waals surface area contributed by atoms with Crippen LogP contribution in [0.4, 0.5) is 28.2 Å². The molecule has 1 saturated heterocycles. The maximum absolute atomic E-state index is 14.8. The first kappa shape index (κ1) is 30.5. The Balaban J connectivity index is 1.90. The summed E-state index contributed by atoms with van der Waals surface area (Å²) in [5.41, 5.74) is -2.08. The van der Waals surface area contributed by atoms with Gasteiger partial charge in [-0.25, -0.2) is 23.5 Å². The fraction of sp³-hybridized carbons (Fsp3) is 0.519. The van der Waals surface area contributed by atoms with Crippen LogP contribution in [0.25, 0.3) is 16.7 Å². The molecular weight excluding hydrogens is 568 g/mol. The molecular formula is C27H31ClF4N6O3. The van der Waals surface area contributed by atoms with Gasteiger partial charge in [0, 0.05) is 31.4 Å². The number of carbonyl (C=O) groups is 1. The summed E-state index contributed by atoms with van der Waals surface area (Å²) >= 11 is 6.02. The Bertz CT molecular complexity index is 1560. The van der Waals surface area contributed by atoms with E-state index in [9.17, 15) is 27.2 Å². The molecule has 0 unspecified atom stereocenters. The smallest absolute Gasteiger partial charge is 0.410 e. The van der Waals surface area contributed by atoms with Crippen LogP contribution in [0, 0.1) is 12.7 Å². The topological polar surface area (TPSA) is 93.5 Å². The molecule has 14 heteroatoms. The van der Waals surface area contributed by atoms with Crippen molar-refractivity contribution in [2.45, 2.75) is 78.2 Å². The molecule has 3 atom stereocenters. The zero-order valence-electron chi connectivity index (χ0n) is 23.7. The molecule has 222 valence electrons. The van der Waals surface area contributed by atoms with Crippen molar-refractivity contribution in [1.82, 2.24) is 24.4 Å². The summed E-state index contributed by atoms with van der Waals surface area (Å²) in [6.07, 6.45) is -3.93. The number of piperazine rings is 1. The highest BCUT2D eigenvalue weighted by Gasteiger charge is 2.41. The Hall–Kier alpha value is -3.48. The van der Waals surface area contributed by atoms with E-state index in [0.717, 1.165) is 17.6 Å². The van der Waals surface area contributed by atoms with Crippen LogP contribution in [0.15, 0.2) is 23.1 Å². The molecule has 3 aromatic heterocycles. The van der Waals surface area contributed by atoms with Gasteiger partial charge in [-0.3, -0.25) is 4.98 Å². The molecule has 1 amide bonds. The normalized spacial score (nSPS) is 19.0. The van der Waals surface area contributed by atoms with E-state index in [1.807, 2.05) is 0 Å². The van der Waals surface area contributed by atoms with Gasteiger partial charge in [-0.1, -0.05) is 11.6 Å². The van der Waals surface area contributed by atoms with Gasteiger partial charge in [0.25, 0.3) is 0 Å². The highest BCUT2D eigenvalue weighted by Crippen LogP contribution is 2.38. The highest BCUT2D eigenvalue weighted by molar-refractivity contribution is 6.30. The fourth-order valence-electron chi connectivity index (χ4n) is 4.84. The Morgan fingerprint density at radius 1 is 1.15 bits per heavy atom. The standard InChI is InChI=1S/C27H31ClF4N6O3/c1-13-8-9-33-19(16(4)27(30,31)32)20(13)38-23-17(10-18(29)21(28)34-23)22(35-24(38)39)36-11-15(3)37(12-14(36)2)25(40)41-26(5,6)7/h8-10,14-16H,11-12H2,1-7H3/t14-,15+,16-/m0/s1. The van der Waals surface area contributed by atoms with Crippen LogP contribution in [-0.4, -0.2) is 67.5 Å². The van der Waals surface area contributed by atoms with E-state index in [0.29, 0.717) is 5.56 Å². The molecule has 0 saturated carbocycles. The predicted octanol–water partition coefficient (Wildman–Crippen LogP) is 5.78. The lowest BCUT2D eigenvalue weighted by molar-refractivity contribution is -0.147. The van der Waals surface area contributed by atoms with Crippen molar-refractivity contribution in [2.75, 3.05) is 18.0 Å². The summed E-state index contributed by atoms with van der Waals surface area (Å²) in [4.78, 5) is 42.0. The van der Waals surface area contributed by atoms with Crippen molar-refractivity contribution >= 4 is 34.5 Å². The van der Waals surface area contributed by atoms with Gasteiger partial charge in [-0.05, 0) is 66.2 Å². The number of pyridine rings is 2. The van der Waals surface area contributed by atoms with Gasteiger partial charge in [0.2, 0.25) is 0 Å². The van der Waals surface area contributed by atoms with E-state index in [1.54, 1.807) is 44.4 Å². The molecule has 0 radical (unpaired) electrons. The minimum atomic E-state index is -4.65. The van der Waals surface area contributed by atoms with Crippen LogP contribution >= 0.6 is 11.6 Å².